The number of alkyl halides is 2. The van der Waals surface area contributed by atoms with Crippen molar-refractivity contribution in [3.05, 3.63) is 11.9 Å². The largest absolute Gasteiger partial charge is 0.395 e. The van der Waals surface area contributed by atoms with E-state index >= 15 is 0 Å². The van der Waals surface area contributed by atoms with Crippen LogP contribution >= 0.6 is 0 Å². The first-order valence-electron chi connectivity index (χ1n) is 7.05. The zero-order chi connectivity index (χ0) is 16.0. The summed E-state index contributed by atoms with van der Waals surface area (Å²) in [6.07, 6.45) is -2.49. The van der Waals surface area contributed by atoms with Crippen LogP contribution < -0.4 is 10.2 Å². The van der Waals surface area contributed by atoms with Gasteiger partial charge in [0.15, 0.2) is 0 Å². The molecule has 0 radical (unpaired) electrons. The second-order valence-electron chi connectivity index (χ2n) is 5.78. The Labute approximate surface area is 124 Å². The molecule has 0 aliphatic carbocycles. The molecule has 0 aromatic carbocycles. The smallest absolute Gasteiger partial charge is 0.255 e. The maximum atomic E-state index is 12.7. The third-order valence-corrected chi connectivity index (χ3v) is 2.79. The van der Waals surface area contributed by atoms with Crippen molar-refractivity contribution in [2.24, 2.45) is 0 Å². The zero-order valence-corrected chi connectivity index (χ0v) is 13.0. The van der Waals surface area contributed by atoms with Gasteiger partial charge in [-0.25, -0.2) is 18.7 Å². The van der Waals surface area contributed by atoms with Crippen molar-refractivity contribution in [2.75, 3.05) is 36.5 Å². The van der Waals surface area contributed by atoms with Crippen LogP contribution in [0.1, 0.15) is 33.5 Å². The minimum absolute atomic E-state index is 0.108. The Hall–Kier alpha value is -1.50. The van der Waals surface area contributed by atoms with Crippen LogP contribution in [0.3, 0.4) is 0 Å². The highest BCUT2D eigenvalue weighted by molar-refractivity contribution is 5.50. The lowest BCUT2D eigenvalue weighted by molar-refractivity contribution is 0.152. The van der Waals surface area contributed by atoms with Crippen molar-refractivity contribution in [3.63, 3.8) is 0 Å². The van der Waals surface area contributed by atoms with Crippen LogP contribution in [0.5, 0.6) is 0 Å². The Balaban J connectivity index is 3.20. The third-order valence-electron chi connectivity index (χ3n) is 2.79. The molecule has 0 unspecified atom stereocenters. The van der Waals surface area contributed by atoms with Crippen molar-refractivity contribution in [1.29, 1.82) is 0 Å². The van der Waals surface area contributed by atoms with Gasteiger partial charge in [-0.05, 0) is 6.92 Å². The first-order chi connectivity index (χ1) is 9.77. The third kappa shape index (κ3) is 5.41. The van der Waals surface area contributed by atoms with Gasteiger partial charge in [0.2, 0.25) is 0 Å². The molecule has 7 heteroatoms. The molecule has 0 aliphatic heterocycles. The van der Waals surface area contributed by atoms with Crippen molar-refractivity contribution >= 4 is 11.6 Å². The average molecular weight is 302 g/mol. The van der Waals surface area contributed by atoms with E-state index in [4.69, 9.17) is 5.11 Å². The van der Waals surface area contributed by atoms with Crippen LogP contribution in [-0.4, -0.2) is 47.7 Å². The molecule has 21 heavy (non-hydrogen) atoms. The topological polar surface area (TPSA) is 61.3 Å². The predicted molar refractivity (Wildman–Crippen MR) is 80.2 cm³/mol. The van der Waals surface area contributed by atoms with Crippen LogP contribution in [0.15, 0.2) is 6.07 Å². The van der Waals surface area contributed by atoms with Gasteiger partial charge in [-0.3, -0.25) is 0 Å². The number of anilines is 2. The fraction of sp³-hybridized carbons (Fsp3) is 0.714. The minimum Gasteiger partial charge on any atom is -0.395 e. The summed E-state index contributed by atoms with van der Waals surface area (Å²) in [6.45, 7) is 7.93. The van der Waals surface area contributed by atoms with Crippen LogP contribution in [0.4, 0.5) is 20.4 Å². The molecule has 1 aromatic heterocycles. The number of nitrogens with zero attached hydrogens (tertiary/aromatic N) is 3. The molecule has 0 fully saturated rings. The van der Waals surface area contributed by atoms with Gasteiger partial charge in [-0.2, -0.15) is 0 Å². The number of aliphatic hydroxyl groups excluding tert-OH is 1. The summed E-state index contributed by atoms with van der Waals surface area (Å²) in [5, 5.41) is 12.2. The number of hydrogen-bond donors (Lipinski definition) is 2. The summed E-state index contributed by atoms with van der Waals surface area (Å²) < 4.78 is 25.4. The molecule has 0 spiro atoms. The van der Waals surface area contributed by atoms with E-state index in [1.165, 1.54) is 4.90 Å². The summed E-state index contributed by atoms with van der Waals surface area (Å²) >= 11 is 0. The normalized spacial score (nSPS) is 11.8. The second-order valence-corrected chi connectivity index (χ2v) is 5.78. The predicted octanol–water partition coefficient (Wildman–Crippen LogP) is 2.27. The van der Waals surface area contributed by atoms with Crippen molar-refractivity contribution in [1.82, 2.24) is 9.97 Å². The Kier molecular flexibility index (Phi) is 6.26. The molecule has 1 heterocycles. The number of aromatic nitrogens is 2. The van der Waals surface area contributed by atoms with E-state index in [2.05, 4.69) is 15.3 Å². The van der Waals surface area contributed by atoms with Crippen molar-refractivity contribution in [2.45, 2.75) is 39.5 Å². The van der Waals surface area contributed by atoms with E-state index in [9.17, 15) is 8.78 Å². The van der Waals surface area contributed by atoms with Gasteiger partial charge in [0, 0.05) is 24.6 Å². The number of aliphatic hydroxyl groups is 1. The van der Waals surface area contributed by atoms with Gasteiger partial charge >= 0.3 is 0 Å². The van der Waals surface area contributed by atoms with Gasteiger partial charge < -0.3 is 15.3 Å². The number of rotatable bonds is 7. The van der Waals surface area contributed by atoms with Crippen LogP contribution in [0, 0.1) is 0 Å². The molecule has 120 valence electrons. The summed E-state index contributed by atoms with van der Waals surface area (Å²) in [4.78, 5) is 10.2. The molecule has 1 rings (SSSR count). The van der Waals surface area contributed by atoms with Gasteiger partial charge in [0.05, 0.1) is 13.2 Å². The molecule has 0 amide bonds. The molecular weight excluding hydrogens is 278 g/mol. The Morgan fingerprint density at radius 2 is 2.00 bits per heavy atom. The fourth-order valence-corrected chi connectivity index (χ4v) is 1.79. The molecule has 0 atom stereocenters. The quantitative estimate of drug-likeness (QED) is 0.809. The lowest BCUT2D eigenvalue weighted by Gasteiger charge is -2.25. The lowest BCUT2D eigenvalue weighted by atomic mass is 9.96. The maximum Gasteiger partial charge on any atom is 0.255 e. The van der Waals surface area contributed by atoms with Crippen molar-refractivity contribution < 1.29 is 13.9 Å². The standard InChI is InChI=1S/C14H24F2N4O/c1-5-17-11-8-12(19-13(18-11)14(2,3)4)20(6-7-21)9-10(15)16/h8,10,21H,5-7,9H2,1-4H3,(H,17,18,19). The van der Waals surface area contributed by atoms with E-state index in [1.807, 2.05) is 27.7 Å². The highest BCUT2D eigenvalue weighted by Gasteiger charge is 2.22. The second kappa shape index (κ2) is 7.49. The zero-order valence-electron chi connectivity index (χ0n) is 13.0. The highest BCUT2D eigenvalue weighted by atomic mass is 19.3. The van der Waals surface area contributed by atoms with Gasteiger partial charge in [0.25, 0.3) is 6.43 Å². The Morgan fingerprint density at radius 3 is 2.48 bits per heavy atom. The molecule has 0 bridgehead atoms. The monoisotopic (exact) mass is 302 g/mol. The molecule has 5 nitrogen and oxygen atoms in total. The molecule has 1 aromatic rings. The summed E-state index contributed by atoms with van der Waals surface area (Å²) in [5.41, 5.74) is -0.296. The molecule has 0 aliphatic rings. The van der Waals surface area contributed by atoms with E-state index in [-0.39, 0.29) is 18.6 Å². The first-order valence-corrected chi connectivity index (χ1v) is 7.05. The van der Waals surface area contributed by atoms with Crippen LogP contribution in [0.25, 0.3) is 0 Å². The fourth-order valence-electron chi connectivity index (χ4n) is 1.79. The summed E-state index contributed by atoms with van der Waals surface area (Å²) in [5.74, 6) is 1.58. The van der Waals surface area contributed by atoms with Gasteiger partial charge in [-0.1, -0.05) is 20.8 Å². The van der Waals surface area contributed by atoms with E-state index in [0.29, 0.717) is 24.0 Å². The maximum absolute atomic E-state index is 12.7. The number of nitrogens with one attached hydrogen (secondary N) is 1. The Morgan fingerprint density at radius 1 is 1.33 bits per heavy atom. The number of halogens is 2. The number of hydrogen-bond acceptors (Lipinski definition) is 5. The van der Waals surface area contributed by atoms with E-state index in [0.717, 1.165) is 0 Å². The highest BCUT2D eigenvalue weighted by Crippen LogP contribution is 2.24. The summed E-state index contributed by atoms with van der Waals surface area (Å²) in [7, 11) is 0. The van der Waals surface area contributed by atoms with Gasteiger partial charge in [0.1, 0.15) is 17.5 Å². The van der Waals surface area contributed by atoms with E-state index in [1.54, 1.807) is 6.07 Å². The SMILES string of the molecule is CCNc1cc(N(CCO)CC(F)F)nc(C(C)(C)C)n1. The molecule has 0 saturated heterocycles. The van der Waals surface area contributed by atoms with Crippen molar-refractivity contribution in [3.8, 4) is 0 Å². The minimum atomic E-state index is -2.49. The van der Waals surface area contributed by atoms with Crippen LogP contribution in [0.2, 0.25) is 0 Å². The lowest BCUT2D eigenvalue weighted by Crippen LogP contribution is -2.33. The van der Waals surface area contributed by atoms with Crippen LogP contribution in [-0.2, 0) is 5.41 Å². The summed E-state index contributed by atoms with van der Waals surface area (Å²) in [6, 6.07) is 1.64. The molecule has 0 saturated carbocycles. The Bertz CT molecular complexity index is 449. The average Bonchev–Trinajstić information content (AvgIpc) is 2.37. The molecule has 2 N–H and O–H groups in total. The van der Waals surface area contributed by atoms with Gasteiger partial charge in [-0.15, -0.1) is 0 Å². The first kappa shape index (κ1) is 17.6. The van der Waals surface area contributed by atoms with E-state index < -0.39 is 13.0 Å². The molecular formula is C14H24F2N4O.